The van der Waals surface area contributed by atoms with Crippen LogP contribution in [0.15, 0.2) is 18.2 Å². The van der Waals surface area contributed by atoms with Crippen LogP contribution in [-0.4, -0.2) is 10.8 Å². The second-order valence-electron chi connectivity index (χ2n) is 4.76. The van der Waals surface area contributed by atoms with Crippen molar-refractivity contribution < 1.29 is 22.4 Å². The number of Topliss-reactive ketones (excluding diaryl/α,β-unsaturated/α-hetero) is 1. The van der Waals surface area contributed by atoms with Crippen LogP contribution in [0, 0.1) is 5.82 Å². The van der Waals surface area contributed by atoms with E-state index in [0.29, 0.717) is 35.9 Å². The number of hydrogen-bond acceptors (Lipinski definition) is 3. The Labute approximate surface area is 121 Å². The van der Waals surface area contributed by atoms with Crippen LogP contribution in [-0.2, 0) is 12.6 Å². The minimum Gasteiger partial charge on any atom is -0.293 e. The number of benzene rings is 1. The third-order valence-corrected chi connectivity index (χ3v) is 4.46. The maximum Gasteiger partial charge on any atom is 0.417 e. The molecule has 1 aliphatic carbocycles. The molecule has 1 heterocycles. The van der Waals surface area contributed by atoms with Gasteiger partial charge in [0, 0.05) is 12.0 Å². The molecule has 0 saturated carbocycles. The number of carbonyl (C=O) groups is 1. The Morgan fingerprint density at radius 3 is 2.62 bits per heavy atom. The van der Waals surface area contributed by atoms with Crippen molar-refractivity contribution in [3.05, 3.63) is 40.2 Å². The number of halogens is 4. The summed E-state index contributed by atoms with van der Waals surface area (Å²) < 4.78 is 52.2. The van der Waals surface area contributed by atoms with Gasteiger partial charge in [0.1, 0.15) is 10.8 Å². The van der Waals surface area contributed by atoms with Gasteiger partial charge in [0.15, 0.2) is 5.78 Å². The van der Waals surface area contributed by atoms with Crippen LogP contribution in [0.25, 0.3) is 10.6 Å². The number of aryl methyl sites for hydroxylation is 1. The normalized spacial score (nSPS) is 15.1. The van der Waals surface area contributed by atoms with Crippen molar-refractivity contribution in [2.45, 2.75) is 25.4 Å². The van der Waals surface area contributed by atoms with Crippen LogP contribution in [0.5, 0.6) is 0 Å². The monoisotopic (exact) mass is 315 g/mol. The van der Waals surface area contributed by atoms with Crippen molar-refractivity contribution in [3.8, 4) is 10.6 Å². The van der Waals surface area contributed by atoms with Crippen LogP contribution < -0.4 is 0 Å². The molecule has 7 heteroatoms. The van der Waals surface area contributed by atoms with Crippen LogP contribution in [0.1, 0.15) is 33.8 Å². The molecule has 0 amide bonds. The Morgan fingerprint density at radius 2 is 1.95 bits per heavy atom. The van der Waals surface area contributed by atoms with Crippen LogP contribution in [0.2, 0.25) is 0 Å². The number of rotatable bonds is 1. The van der Waals surface area contributed by atoms with Crippen LogP contribution in [0.4, 0.5) is 17.6 Å². The van der Waals surface area contributed by atoms with Crippen molar-refractivity contribution in [1.29, 1.82) is 0 Å². The lowest BCUT2D eigenvalue weighted by molar-refractivity contribution is -0.137. The first-order valence-corrected chi connectivity index (χ1v) is 7.08. The molecule has 1 aromatic carbocycles. The van der Waals surface area contributed by atoms with E-state index in [9.17, 15) is 22.4 Å². The maximum atomic E-state index is 13.1. The second kappa shape index (κ2) is 4.91. The molecule has 0 bridgehead atoms. The molecule has 0 fully saturated rings. The fraction of sp³-hybridized carbons (Fsp3) is 0.286. The average molecular weight is 315 g/mol. The van der Waals surface area contributed by atoms with Gasteiger partial charge in [0.25, 0.3) is 0 Å². The van der Waals surface area contributed by atoms with Crippen LogP contribution in [0.3, 0.4) is 0 Å². The van der Waals surface area contributed by atoms with Gasteiger partial charge in [-0.25, -0.2) is 9.37 Å². The first-order valence-electron chi connectivity index (χ1n) is 6.26. The van der Waals surface area contributed by atoms with Crippen molar-refractivity contribution >= 4 is 17.1 Å². The minimum absolute atomic E-state index is 0.0873. The Bertz CT molecular complexity index is 720. The first kappa shape index (κ1) is 14.2. The molecule has 0 N–H and O–H groups in total. The van der Waals surface area contributed by atoms with E-state index in [2.05, 4.69) is 4.98 Å². The molecule has 0 spiro atoms. The summed E-state index contributed by atoms with van der Waals surface area (Å²) in [5.74, 6) is -1.04. The molecular weight excluding hydrogens is 306 g/mol. The molecule has 1 aromatic heterocycles. The van der Waals surface area contributed by atoms with Gasteiger partial charge in [-0.3, -0.25) is 4.79 Å². The molecule has 110 valence electrons. The summed E-state index contributed by atoms with van der Waals surface area (Å²) in [6.45, 7) is 0. The maximum absolute atomic E-state index is 13.1. The molecule has 3 rings (SSSR count). The van der Waals surface area contributed by atoms with E-state index in [1.165, 1.54) is 0 Å². The standard InChI is InChI=1S/C14H9F4NOS/c15-7-4-5-8(9(6-7)14(16,17)18)13-19-10-2-1-3-11(20)12(10)21-13/h4-6H,1-3H2. The molecule has 2 aromatic rings. The fourth-order valence-corrected chi connectivity index (χ4v) is 3.44. The predicted molar refractivity (Wildman–Crippen MR) is 69.8 cm³/mol. The highest BCUT2D eigenvalue weighted by atomic mass is 32.1. The summed E-state index contributed by atoms with van der Waals surface area (Å²) in [7, 11) is 0. The van der Waals surface area contributed by atoms with Gasteiger partial charge in [-0.1, -0.05) is 0 Å². The van der Waals surface area contributed by atoms with Gasteiger partial charge in [-0.15, -0.1) is 11.3 Å². The van der Waals surface area contributed by atoms with Crippen molar-refractivity contribution in [2.75, 3.05) is 0 Å². The predicted octanol–water partition coefficient (Wildman–Crippen LogP) is 4.49. The highest BCUT2D eigenvalue weighted by molar-refractivity contribution is 7.17. The lowest BCUT2D eigenvalue weighted by Gasteiger charge is -2.10. The van der Waals surface area contributed by atoms with Gasteiger partial charge >= 0.3 is 6.18 Å². The van der Waals surface area contributed by atoms with E-state index in [-0.39, 0.29) is 16.4 Å². The van der Waals surface area contributed by atoms with E-state index in [1.807, 2.05) is 0 Å². The van der Waals surface area contributed by atoms with E-state index in [1.54, 1.807) is 0 Å². The van der Waals surface area contributed by atoms with Crippen LogP contribution >= 0.6 is 11.3 Å². The lowest BCUT2D eigenvalue weighted by atomic mass is 10.0. The third kappa shape index (κ3) is 2.57. The molecule has 0 unspecified atom stereocenters. The van der Waals surface area contributed by atoms with Gasteiger partial charge in [-0.05, 0) is 31.0 Å². The zero-order valence-corrected chi connectivity index (χ0v) is 11.4. The molecule has 2 nitrogen and oxygen atoms in total. The molecule has 0 aliphatic heterocycles. The average Bonchev–Trinajstić information content (AvgIpc) is 2.83. The number of thiazole rings is 1. The zero-order valence-electron chi connectivity index (χ0n) is 10.6. The number of hydrogen-bond donors (Lipinski definition) is 0. The number of fused-ring (bicyclic) bond motifs is 1. The number of nitrogens with zero attached hydrogens (tertiary/aromatic N) is 1. The highest BCUT2D eigenvalue weighted by Gasteiger charge is 2.35. The Hall–Kier alpha value is -1.76. The molecule has 1 aliphatic rings. The molecule has 0 radical (unpaired) electrons. The first-order chi connectivity index (χ1) is 9.86. The molecule has 0 atom stereocenters. The Morgan fingerprint density at radius 1 is 1.19 bits per heavy atom. The number of ketones is 1. The Balaban J connectivity index is 2.15. The summed E-state index contributed by atoms with van der Waals surface area (Å²) in [4.78, 5) is 16.3. The van der Waals surface area contributed by atoms with Gasteiger partial charge in [0.2, 0.25) is 0 Å². The molecule has 0 saturated heterocycles. The van der Waals surface area contributed by atoms with E-state index in [0.717, 1.165) is 23.5 Å². The topological polar surface area (TPSA) is 30.0 Å². The molecule has 21 heavy (non-hydrogen) atoms. The summed E-state index contributed by atoms with van der Waals surface area (Å²) in [5, 5.41) is 0.113. The fourth-order valence-electron chi connectivity index (χ4n) is 2.32. The summed E-state index contributed by atoms with van der Waals surface area (Å²) in [6, 6.07) is 2.48. The summed E-state index contributed by atoms with van der Waals surface area (Å²) in [5.41, 5.74) is -0.708. The molecular formula is C14H9F4NOS. The third-order valence-electron chi connectivity index (χ3n) is 3.29. The van der Waals surface area contributed by atoms with Gasteiger partial charge < -0.3 is 0 Å². The second-order valence-corrected chi connectivity index (χ2v) is 5.76. The van der Waals surface area contributed by atoms with Crippen molar-refractivity contribution in [1.82, 2.24) is 4.98 Å². The highest BCUT2D eigenvalue weighted by Crippen LogP contribution is 2.40. The zero-order chi connectivity index (χ0) is 15.2. The SMILES string of the molecule is O=C1CCCc2nc(-c3ccc(F)cc3C(F)(F)F)sc21. The number of alkyl halides is 3. The van der Waals surface area contributed by atoms with Crippen molar-refractivity contribution in [3.63, 3.8) is 0 Å². The van der Waals surface area contributed by atoms with E-state index >= 15 is 0 Å². The van der Waals surface area contributed by atoms with Gasteiger partial charge in [0.05, 0.1) is 16.1 Å². The van der Waals surface area contributed by atoms with E-state index in [4.69, 9.17) is 0 Å². The number of aromatic nitrogens is 1. The quantitative estimate of drug-likeness (QED) is 0.726. The van der Waals surface area contributed by atoms with Gasteiger partial charge in [-0.2, -0.15) is 13.2 Å². The smallest absolute Gasteiger partial charge is 0.293 e. The lowest BCUT2D eigenvalue weighted by Crippen LogP contribution is -2.08. The summed E-state index contributed by atoms with van der Waals surface area (Å²) in [6.07, 6.45) is -3.04. The minimum atomic E-state index is -4.67. The van der Waals surface area contributed by atoms with Crippen molar-refractivity contribution in [2.24, 2.45) is 0 Å². The Kier molecular flexibility index (Phi) is 3.32. The summed E-state index contributed by atoms with van der Waals surface area (Å²) >= 11 is 0.950. The number of carbonyl (C=O) groups excluding carboxylic acids is 1. The van der Waals surface area contributed by atoms with E-state index < -0.39 is 17.6 Å². The largest absolute Gasteiger partial charge is 0.417 e.